The lowest BCUT2D eigenvalue weighted by Crippen LogP contribution is -2.25. The number of aromatic nitrogens is 1. The molecule has 3 heteroatoms. The van der Waals surface area contributed by atoms with Crippen LogP contribution in [-0.4, -0.2) is 17.4 Å². The average Bonchev–Trinajstić information content (AvgIpc) is 2.63. The van der Waals surface area contributed by atoms with Crippen LogP contribution >= 0.6 is 0 Å². The van der Waals surface area contributed by atoms with Gasteiger partial charge in [0.25, 0.3) is 5.91 Å². The van der Waals surface area contributed by atoms with Crippen molar-refractivity contribution in [3.05, 3.63) is 65.5 Å². The van der Waals surface area contributed by atoms with Gasteiger partial charge in [0.2, 0.25) is 0 Å². The number of pyridine rings is 1. The van der Waals surface area contributed by atoms with Crippen molar-refractivity contribution in [1.82, 2.24) is 10.3 Å². The molecule has 1 aliphatic carbocycles. The molecule has 1 N–H and O–H groups in total. The number of hydrogen-bond donors (Lipinski definition) is 1. The van der Waals surface area contributed by atoms with Crippen LogP contribution in [0.2, 0.25) is 0 Å². The Labute approximate surface area is 143 Å². The fourth-order valence-corrected chi connectivity index (χ4v) is 3.04. The van der Waals surface area contributed by atoms with Gasteiger partial charge in [-0.15, -0.1) is 0 Å². The first-order chi connectivity index (χ1) is 11.7. The molecule has 0 saturated carbocycles. The zero-order valence-corrected chi connectivity index (χ0v) is 14.2. The van der Waals surface area contributed by atoms with E-state index in [4.69, 9.17) is 0 Å². The van der Waals surface area contributed by atoms with Crippen molar-refractivity contribution in [1.29, 1.82) is 0 Å². The van der Waals surface area contributed by atoms with Crippen LogP contribution in [0.3, 0.4) is 0 Å². The van der Waals surface area contributed by atoms with E-state index in [9.17, 15) is 4.79 Å². The molecule has 2 aromatic rings. The number of amides is 1. The van der Waals surface area contributed by atoms with Crippen LogP contribution < -0.4 is 5.32 Å². The molecule has 1 aliphatic rings. The molecule has 0 aliphatic heterocycles. The highest BCUT2D eigenvalue weighted by Crippen LogP contribution is 2.21. The quantitative estimate of drug-likeness (QED) is 0.813. The van der Waals surface area contributed by atoms with Crippen LogP contribution in [0.4, 0.5) is 0 Å². The Hall–Kier alpha value is -2.42. The van der Waals surface area contributed by atoms with Crippen LogP contribution in [0, 0.1) is 6.92 Å². The van der Waals surface area contributed by atoms with Gasteiger partial charge in [-0.1, -0.05) is 41.5 Å². The molecule has 0 fully saturated rings. The summed E-state index contributed by atoms with van der Waals surface area (Å²) in [5, 5.41) is 3.01. The van der Waals surface area contributed by atoms with Crippen molar-refractivity contribution >= 4 is 5.91 Å². The van der Waals surface area contributed by atoms with Gasteiger partial charge >= 0.3 is 0 Å². The Morgan fingerprint density at radius 1 is 1.12 bits per heavy atom. The lowest BCUT2D eigenvalue weighted by atomic mass is 9.97. The summed E-state index contributed by atoms with van der Waals surface area (Å²) in [6, 6.07) is 10.2. The molecule has 0 radical (unpaired) electrons. The summed E-state index contributed by atoms with van der Waals surface area (Å²) in [5.74, 6) is -0.0483. The normalized spacial score (nSPS) is 14.1. The number of nitrogens with zero attached hydrogens (tertiary/aromatic N) is 1. The van der Waals surface area contributed by atoms with Crippen molar-refractivity contribution < 1.29 is 4.79 Å². The van der Waals surface area contributed by atoms with Gasteiger partial charge < -0.3 is 5.32 Å². The van der Waals surface area contributed by atoms with E-state index in [2.05, 4.69) is 47.6 Å². The van der Waals surface area contributed by atoms with Crippen molar-refractivity contribution in [3.8, 4) is 11.1 Å². The van der Waals surface area contributed by atoms with Gasteiger partial charge in [-0.25, -0.2) is 0 Å². The zero-order valence-electron chi connectivity index (χ0n) is 14.2. The maximum Gasteiger partial charge on any atom is 0.252 e. The minimum Gasteiger partial charge on any atom is -0.352 e. The Bertz CT molecular complexity index is 732. The minimum absolute atomic E-state index is 0.0483. The molecular weight excluding hydrogens is 296 g/mol. The van der Waals surface area contributed by atoms with Crippen LogP contribution in [0.25, 0.3) is 11.1 Å². The van der Waals surface area contributed by atoms with Gasteiger partial charge in [-0.3, -0.25) is 9.78 Å². The van der Waals surface area contributed by atoms with Gasteiger partial charge in [-0.05, 0) is 50.7 Å². The predicted molar refractivity (Wildman–Crippen MR) is 97.9 cm³/mol. The second-order valence-corrected chi connectivity index (χ2v) is 6.44. The highest BCUT2D eigenvalue weighted by Gasteiger charge is 2.09. The summed E-state index contributed by atoms with van der Waals surface area (Å²) < 4.78 is 0. The number of allylic oxidation sites excluding steroid dienone is 1. The molecule has 3 nitrogen and oxygen atoms in total. The molecule has 0 spiro atoms. The van der Waals surface area contributed by atoms with E-state index < -0.39 is 0 Å². The summed E-state index contributed by atoms with van der Waals surface area (Å²) >= 11 is 0. The van der Waals surface area contributed by atoms with Gasteiger partial charge in [0.1, 0.15) is 0 Å². The Kier molecular flexibility index (Phi) is 5.42. The third-order valence-corrected chi connectivity index (χ3v) is 4.50. The molecule has 0 unspecified atom stereocenters. The van der Waals surface area contributed by atoms with Crippen LogP contribution in [-0.2, 0) is 0 Å². The monoisotopic (exact) mass is 320 g/mol. The zero-order chi connectivity index (χ0) is 16.8. The SMILES string of the molecule is Cc1ccc(-c2cncc(C(=O)NCCC3=CCCCC3)c2)cc1. The molecule has 24 heavy (non-hydrogen) atoms. The second kappa shape index (κ2) is 7.91. The van der Waals surface area contributed by atoms with Crippen LogP contribution in [0.15, 0.2) is 54.4 Å². The topological polar surface area (TPSA) is 42.0 Å². The van der Waals surface area contributed by atoms with E-state index in [-0.39, 0.29) is 5.91 Å². The van der Waals surface area contributed by atoms with Crippen molar-refractivity contribution in [2.75, 3.05) is 6.54 Å². The predicted octanol–water partition coefficient (Wildman–Crippen LogP) is 4.68. The summed E-state index contributed by atoms with van der Waals surface area (Å²) in [5.41, 5.74) is 5.36. The molecule has 1 aromatic heterocycles. The number of benzene rings is 1. The second-order valence-electron chi connectivity index (χ2n) is 6.44. The Morgan fingerprint density at radius 3 is 2.71 bits per heavy atom. The summed E-state index contributed by atoms with van der Waals surface area (Å²) in [6.07, 6.45) is 11.7. The van der Waals surface area contributed by atoms with Crippen molar-refractivity contribution in [2.24, 2.45) is 0 Å². The molecule has 0 atom stereocenters. The van der Waals surface area contributed by atoms with E-state index in [1.165, 1.54) is 36.8 Å². The lowest BCUT2D eigenvalue weighted by Gasteiger charge is -2.13. The lowest BCUT2D eigenvalue weighted by molar-refractivity contribution is 0.0953. The number of hydrogen-bond acceptors (Lipinski definition) is 2. The first-order valence-corrected chi connectivity index (χ1v) is 8.70. The number of aryl methyl sites for hydroxylation is 1. The van der Waals surface area contributed by atoms with Gasteiger partial charge in [0.05, 0.1) is 5.56 Å². The minimum atomic E-state index is -0.0483. The van der Waals surface area contributed by atoms with Gasteiger partial charge in [0.15, 0.2) is 0 Å². The number of rotatable bonds is 5. The van der Waals surface area contributed by atoms with E-state index in [0.29, 0.717) is 12.1 Å². The molecule has 0 saturated heterocycles. The Morgan fingerprint density at radius 2 is 1.96 bits per heavy atom. The fraction of sp³-hybridized carbons (Fsp3) is 0.333. The van der Waals surface area contributed by atoms with Crippen molar-refractivity contribution in [3.63, 3.8) is 0 Å². The first-order valence-electron chi connectivity index (χ1n) is 8.70. The molecular formula is C21H24N2O. The Balaban J connectivity index is 1.61. The molecule has 1 aromatic carbocycles. The summed E-state index contributed by atoms with van der Waals surface area (Å²) in [6.45, 7) is 2.76. The fourth-order valence-electron chi connectivity index (χ4n) is 3.04. The van der Waals surface area contributed by atoms with E-state index >= 15 is 0 Å². The smallest absolute Gasteiger partial charge is 0.252 e. The number of carbonyl (C=O) groups excluding carboxylic acids is 1. The first kappa shape index (κ1) is 16.4. The molecule has 1 amide bonds. The van der Waals surface area contributed by atoms with E-state index in [1.807, 2.05) is 6.07 Å². The molecule has 0 bridgehead atoms. The summed E-state index contributed by atoms with van der Waals surface area (Å²) in [4.78, 5) is 16.6. The molecule has 3 rings (SSSR count). The highest BCUT2D eigenvalue weighted by atomic mass is 16.1. The van der Waals surface area contributed by atoms with Crippen molar-refractivity contribution in [2.45, 2.75) is 39.0 Å². The third-order valence-electron chi connectivity index (χ3n) is 4.50. The third kappa shape index (κ3) is 4.31. The molecule has 1 heterocycles. The standard InChI is InChI=1S/C21H24N2O/c1-16-7-9-18(10-8-16)19-13-20(15-22-14-19)21(24)23-12-11-17-5-3-2-4-6-17/h5,7-10,13-15H,2-4,6,11-12H2,1H3,(H,23,24). The van der Waals surface area contributed by atoms with E-state index in [1.54, 1.807) is 12.4 Å². The number of nitrogens with one attached hydrogen (secondary N) is 1. The average molecular weight is 320 g/mol. The maximum atomic E-state index is 12.4. The van der Waals surface area contributed by atoms with Gasteiger partial charge in [-0.2, -0.15) is 0 Å². The maximum absolute atomic E-state index is 12.4. The summed E-state index contributed by atoms with van der Waals surface area (Å²) in [7, 11) is 0. The highest BCUT2D eigenvalue weighted by molar-refractivity contribution is 5.95. The van der Waals surface area contributed by atoms with Crippen LogP contribution in [0.1, 0.15) is 48.0 Å². The van der Waals surface area contributed by atoms with Crippen LogP contribution in [0.5, 0.6) is 0 Å². The largest absolute Gasteiger partial charge is 0.352 e. The van der Waals surface area contributed by atoms with Gasteiger partial charge in [0, 0.05) is 24.5 Å². The van der Waals surface area contributed by atoms with E-state index in [0.717, 1.165) is 17.5 Å². The molecule has 124 valence electrons. The number of carbonyl (C=O) groups is 1.